The molecule has 0 aliphatic heterocycles. The van der Waals surface area contributed by atoms with Crippen LogP contribution < -0.4 is 5.73 Å². The number of hydrogen-bond donors (Lipinski definition) is 3. The molecule has 4 N–H and O–H groups in total. The molecule has 14 heavy (non-hydrogen) atoms. The molecule has 1 atom stereocenters. The molecule has 0 saturated heterocycles. The van der Waals surface area contributed by atoms with Crippen LogP contribution in [0.1, 0.15) is 28.8 Å². The fourth-order valence-corrected chi connectivity index (χ4v) is 0.956. The first-order valence-electron chi connectivity index (χ1n) is 3.81. The molecule has 0 saturated carbocycles. The molecule has 1 heterocycles. The molecule has 6 nitrogen and oxygen atoms in total. The standard InChI is InChI=1S/C8H9NO5/c9-4(3-7(10)11)5-1-2-6(14-5)8(12)13/h1-2,4H,3,9H2,(H,10,11)(H,12,13). The number of carbonyl (C=O) groups is 2. The van der Waals surface area contributed by atoms with E-state index < -0.39 is 18.0 Å². The van der Waals surface area contributed by atoms with Gasteiger partial charge in [0.1, 0.15) is 5.76 Å². The van der Waals surface area contributed by atoms with E-state index in [0.29, 0.717) is 0 Å². The van der Waals surface area contributed by atoms with Gasteiger partial charge in [-0.1, -0.05) is 0 Å². The number of carboxylic acid groups (broad SMARTS) is 2. The highest BCUT2D eigenvalue weighted by atomic mass is 16.4. The summed E-state index contributed by atoms with van der Waals surface area (Å²) in [7, 11) is 0. The lowest BCUT2D eigenvalue weighted by molar-refractivity contribution is -0.137. The third-order valence-corrected chi connectivity index (χ3v) is 1.60. The number of nitrogens with two attached hydrogens (primary N) is 1. The van der Waals surface area contributed by atoms with Crippen molar-refractivity contribution in [2.24, 2.45) is 5.73 Å². The first-order chi connectivity index (χ1) is 6.50. The van der Waals surface area contributed by atoms with E-state index in [0.717, 1.165) is 0 Å². The zero-order valence-corrected chi connectivity index (χ0v) is 7.14. The molecule has 0 amide bonds. The topological polar surface area (TPSA) is 114 Å². The number of aromatic carboxylic acids is 1. The van der Waals surface area contributed by atoms with Gasteiger partial charge in [0.2, 0.25) is 5.76 Å². The second-order valence-electron chi connectivity index (χ2n) is 2.71. The average Bonchev–Trinajstić information content (AvgIpc) is 2.50. The second-order valence-corrected chi connectivity index (χ2v) is 2.71. The SMILES string of the molecule is NC(CC(=O)O)c1ccc(C(=O)O)o1. The average molecular weight is 199 g/mol. The van der Waals surface area contributed by atoms with Gasteiger partial charge in [0.15, 0.2) is 0 Å². The molecule has 1 aromatic rings. The van der Waals surface area contributed by atoms with E-state index >= 15 is 0 Å². The van der Waals surface area contributed by atoms with Crippen molar-refractivity contribution >= 4 is 11.9 Å². The maximum atomic E-state index is 10.4. The molecule has 0 spiro atoms. The Labute approximate surface area is 78.9 Å². The first kappa shape index (κ1) is 10.3. The summed E-state index contributed by atoms with van der Waals surface area (Å²) in [5.41, 5.74) is 5.44. The molecule has 0 aromatic carbocycles. The molecule has 1 unspecified atom stereocenters. The highest BCUT2D eigenvalue weighted by molar-refractivity contribution is 5.84. The summed E-state index contributed by atoms with van der Waals surface area (Å²) in [6.45, 7) is 0. The summed E-state index contributed by atoms with van der Waals surface area (Å²) in [6.07, 6.45) is -0.299. The van der Waals surface area contributed by atoms with Gasteiger partial charge < -0.3 is 20.4 Å². The largest absolute Gasteiger partial charge is 0.481 e. The monoisotopic (exact) mass is 199 g/mol. The highest BCUT2D eigenvalue weighted by Gasteiger charge is 2.16. The van der Waals surface area contributed by atoms with Crippen molar-refractivity contribution in [3.05, 3.63) is 23.7 Å². The zero-order valence-electron chi connectivity index (χ0n) is 7.14. The van der Waals surface area contributed by atoms with Gasteiger partial charge in [0, 0.05) is 0 Å². The molecule has 6 heteroatoms. The fourth-order valence-electron chi connectivity index (χ4n) is 0.956. The number of furan rings is 1. The number of rotatable bonds is 4. The molecule has 0 aliphatic carbocycles. The van der Waals surface area contributed by atoms with Crippen LogP contribution in [0.15, 0.2) is 16.5 Å². The maximum absolute atomic E-state index is 10.4. The van der Waals surface area contributed by atoms with Crippen molar-refractivity contribution in [1.82, 2.24) is 0 Å². The van der Waals surface area contributed by atoms with E-state index in [1.807, 2.05) is 0 Å². The van der Waals surface area contributed by atoms with Crippen molar-refractivity contribution in [3.8, 4) is 0 Å². The van der Waals surface area contributed by atoms with Crippen LogP contribution in [0.5, 0.6) is 0 Å². The van der Waals surface area contributed by atoms with Crippen LogP contribution >= 0.6 is 0 Å². The second kappa shape index (κ2) is 3.93. The van der Waals surface area contributed by atoms with Gasteiger partial charge in [-0.25, -0.2) is 4.79 Å². The lowest BCUT2D eigenvalue weighted by Crippen LogP contribution is -2.14. The van der Waals surface area contributed by atoms with Gasteiger partial charge in [0.05, 0.1) is 12.5 Å². The number of hydrogen-bond acceptors (Lipinski definition) is 4. The minimum absolute atomic E-state index is 0.157. The molecule has 76 valence electrons. The molecule has 0 fully saturated rings. The highest BCUT2D eigenvalue weighted by Crippen LogP contribution is 2.17. The van der Waals surface area contributed by atoms with E-state index in [1.54, 1.807) is 0 Å². The molecular formula is C8H9NO5. The van der Waals surface area contributed by atoms with Crippen molar-refractivity contribution in [2.45, 2.75) is 12.5 Å². The van der Waals surface area contributed by atoms with Crippen molar-refractivity contribution in [1.29, 1.82) is 0 Å². The van der Waals surface area contributed by atoms with Crippen molar-refractivity contribution < 1.29 is 24.2 Å². The Morgan fingerprint density at radius 1 is 1.43 bits per heavy atom. The third kappa shape index (κ3) is 2.33. The minimum Gasteiger partial charge on any atom is -0.481 e. The van der Waals surface area contributed by atoms with Gasteiger partial charge in [-0.05, 0) is 12.1 Å². The maximum Gasteiger partial charge on any atom is 0.371 e. The van der Waals surface area contributed by atoms with Gasteiger partial charge in [0.25, 0.3) is 0 Å². The summed E-state index contributed by atoms with van der Waals surface area (Å²) < 4.78 is 4.82. The Morgan fingerprint density at radius 3 is 2.50 bits per heavy atom. The van der Waals surface area contributed by atoms with E-state index in [-0.39, 0.29) is 17.9 Å². The predicted octanol–water partition coefficient (Wildman–Crippen LogP) is 0.452. The molecule has 0 radical (unpaired) electrons. The van der Waals surface area contributed by atoms with Crippen molar-refractivity contribution in [2.75, 3.05) is 0 Å². The third-order valence-electron chi connectivity index (χ3n) is 1.60. The van der Waals surface area contributed by atoms with Crippen LogP contribution in [-0.4, -0.2) is 22.2 Å². The summed E-state index contributed by atoms with van der Waals surface area (Å²) in [5.74, 6) is -2.37. The lowest BCUT2D eigenvalue weighted by atomic mass is 10.2. The number of aliphatic carboxylic acids is 1. The minimum atomic E-state index is -1.21. The van der Waals surface area contributed by atoms with E-state index in [4.69, 9.17) is 20.4 Å². The predicted molar refractivity (Wildman–Crippen MR) is 44.8 cm³/mol. The van der Waals surface area contributed by atoms with Gasteiger partial charge >= 0.3 is 11.9 Å². The summed E-state index contributed by atoms with van der Waals surface area (Å²) in [5, 5.41) is 16.9. The van der Waals surface area contributed by atoms with E-state index in [2.05, 4.69) is 0 Å². The Balaban J connectivity index is 2.76. The zero-order chi connectivity index (χ0) is 10.7. The lowest BCUT2D eigenvalue weighted by Gasteiger charge is -2.03. The van der Waals surface area contributed by atoms with Crippen molar-refractivity contribution in [3.63, 3.8) is 0 Å². The molecular weight excluding hydrogens is 190 g/mol. The first-order valence-corrected chi connectivity index (χ1v) is 3.81. The van der Waals surface area contributed by atoms with E-state index in [9.17, 15) is 9.59 Å². The quantitative estimate of drug-likeness (QED) is 0.648. The summed E-state index contributed by atoms with van der Waals surface area (Å²) in [4.78, 5) is 20.7. The van der Waals surface area contributed by atoms with Crippen LogP contribution in [-0.2, 0) is 4.79 Å². The van der Waals surface area contributed by atoms with E-state index in [1.165, 1.54) is 12.1 Å². The van der Waals surface area contributed by atoms with Crippen LogP contribution in [0.2, 0.25) is 0 Å². The number of carboxylic acids is 2. The Kier molecular flexibility index (Phi) is 2.88. The van der Waals surface area contributed by atoms with Crippen LogP contribution in [0.25, 0.3) is 0 Å². The molecule has 0 aliphatic rings. The smallest absolute Gasteiger partial charge is 0.371 e. The van der Waals surface area contributed by atoms with Crippen LogP contribution in [0, 0.1) is 0 Å². The van der Waals surface area contributed by atoms with Gasteiger partial charge in [-0.2, -0.15) is 0 Å². The Hall–Kier alpha value is -1.82. The van der Waals surface area contributed by atoms with Gasteiger partial charge in [-0.3, -0.25) is 4.79 Å². The molecule has 1 rings (SSSR count). The van der Waals surface area contributed by atoms with Gasteiger partial charge in [-0.15, -0.1) is 0 Å². The normalized spacial score (nSPS) is 12.4. The summed E-state index contributed by atoms with van der Waals surface area (Å²) in [6, 6.07) is 1.77. The Morgan fingerprint density at radius 2 is 2.07 bits per heavy atom. The molecule has 0 bridgehead atoms. The van der Waals surface area contributed by atoms with Crippen LogP contribution in [0.3, 0.4) is 0 Å². The Bertz CT molecular complexity index is 356. The van der Waals surface area contributed by atoms with Crippen LogP contribution in [0.4, 0.5) is 0 Å². The summed E-state index contributed by atoms with van der Waals surface area (Å²) >= 11 is 0. The fraction of sp³-hybridized carbons (Fsp3) is 0.250. The molecule has 1 aromatic heterocycles.